The van der Waals surface area contributed by atoms with Crippen molar-refractivity contribution < 1.29 is 0 Å². The van der Waals surface area contributed by atoms with Crippen LogP contribution < -0.4 is 5.73 Å². The molecule has 1 aliphatic rings. The van der Waals surface area contributed by atoms with Gasteiger partial charge in [-0.25, -0.2) is 0 Å². The Morgan fingerprint density at radius 1 is 1.17 bits per heavy atom. The SMILES string of the molecule is CC(C)n1c(CN)nnc1CCC1CCCCC1. The summed E-state index contributed by atoms with van der Waals surface area (Å²) < 4.78 is 2.21. The van der Waals surface area contributed by atoms with Gasteiger partial charge < -0.3 is 10.3 Å². The average molecular weight is 250 g/mol. The van der Waals surface area contributed by atoms with Gasteiger partial charge in [0.1, 0.15) is 11.6 Å². The van der Waals surface area contributed by atoms with Crippen LogP contribution in [0, 0.1) is 5.92 Å². The van der Waals surface area contributed by atoms with E-state index in [2.05, 4.69) is 28.6 Å². The van der Waals surface area contributed by atoms with Gasteiger partial charge in [0.15, 0.2) is 0 Å². The number of hydrogen-bond acceptors (Lipinski definition) is 3. The Morgan fingerprint density at radius 2 is 1.83 bits per heavy atom. The zero-order valence-electron chi connectivity index (χ0n) is 11.7. The van der Waals surface area contributed by atoms with E-state index in [-0.39, 0.29) is 0 Å². The van der Waals surface area contributed by atoms with Crippen molar-refractivity contribution in [1.29, 1.82) is 0 Å². The van der Waals surface area contributed by atoms with Crippen LogP contribution >= 0.6 is 0 Å². The molecule has 0 aliphatic heterocycles. The Hall–Kier alpha value is -0.900. The van der Waals surface area contributed by atoms with E-state index in [9.17, 15) is 0 Å². The standard InChI is InChI=1S/C14H26N4/c1-11(2)18-13(16-17-14(18)10-15)9-8-12-6-4-3-5-7-12/h11-12H,3-10,15H2,1-2H3. The molecule has 1 saturated carbocycles. The van der Waals surface area contributed by atoms with E-state index in [0.29, 0.717) is 12.6 Å². The van der Waals surface area contributed by atoms with Crippen LogP contribution in [-0.2, 0) is 13.0 Å². The summed E-state index contributed by atoms with van der Waals surface area (Å²) in [5.41, 5.74) is 5.72. The second-order valence-electron chi connectivity index (χ2n) is 5.74. The first-order chi connectivity index (χ1) is 8.72. The predicted molar refractivity (Wildman–Crippen MR) is 73.2 cm³/mol. The van der Waals surface area contributed by atoms with Gasteiger partial charge in [0.2, 0.25) is 0 Å². The molecule has 0 radical (unpaired) electrons. The summed E-state index contributed by atoms with van der Waals surface area (Å²) in [6.45, 7) is 4.83. The van der Waals surface area contributed by atoms with Crippen molar-refractivity contribution in [2.75, 3.05) is 0 Å². The van der Waals surface area contributed by atoms with Crippen LogP contribution in [0.15, 0.2) is 0 Å². The molecule has 0 amide bonds. The van der Waals surface area contributed by atoms with E-state index in [0.717, 1.165) is 24.0 Å². The Morgan fingerprint density at radius 3 is 2.44 bits per heavy atom. The van der Waals surface area contributed by atoms with E-state index < -0.39 is 0 Å². The minimum absolute atomic E-state index is 0.403. The number of nitrogens with two attached hydrogens (primary N) is 1. The third-order valence-corrected chi connectivity index (χ3v) is 4.04. The largest absolute Gasteiger partial charge is 0.324 e. The maximum Gasteiger partial charge on any atom is 0.147 e. The van der Waals surface area contributed by atoms with Crippen LogP contribution in [0.1, 0.15) is 70.1 Å². The van der Waals surface area contributed by atoms with Crippen molar-refractivity contribution in [2.45, 2.75) is 71.4 Å². The smallest absolute Gasteiger partial charge is 0.147 e. The van der Waals surface area contributed by atoms with Crippen molar-refractivity contribution in [3.05, 3.63) is 11.6 Å². The molecular weight excluding hydrogens is 224 g/mol. The fraction of sp³-hybridized carbons (Fsp3) is 0.857. The highest BCUT2D eigenvalue weighted by atomic mass is 15.3. The van der Waals surface area contributed by atoms with E-state index in [1.54, 1.807) is 0 Å². The Kier molecular flexibility index (Phi) is 4.75. The molecule has 2 N–H and O–H groups in total. The van der Waals surface area contributed by atoms with Gasteiger partial charge in [-0.05, 0) is 26.2 Å². The summed E-state index contributed by atoms with van der Waals surface area (Å²) in [5.74, 6) is 2.94. The molecule has 1 aromatic heterocycles. The number of hydrogen-bond donors (Lipinski definition) is 1. The molecule has 1 heterocycles. The zero-order chi connectivity index (χ0) is 13.0. The van der Waals surface area contributed by atoms with Gasteiger partial charge in [-0.15, -0.1) is 10.2 Å². The molecule has 0 atom stereocenters. The number of aromatic nitrogens is 3. The van der Waals surface area contributed by atoms with Gasteiger partial charge in [-0.1, -0.05) is 32.1 Å². The van der Waals surface area contributed by atoms with E-state index in [1.807, 2.05) is 0 Å². The fourth-order valence-corrected chi connectivity index (χ4v) is 3.08. The van der Waals surface area contributed by atoms with E-state index in [4.69, 9.17) is 5.73 Å². The average Bonchev–Trinajstić information content (AvgIpc) is 2.80. The minimum atomic E-state index is 0.403. The second-order valence-corrected chi connectivity index (χ2v) is 5.74. The Labute approximate surface area is 110 Å². The molecule has 4 nitrogen and oxygen atoms in total. The first kappa shape index (κ1) is 13.5. The molecule has 0 aromatic carbocycles. The summed E-state index contributed by atoms with van der Waals surface area (Å²) in [4.78, 5) is 0. The third-order valence-electron chi connectivity index (χ3n) is 4.04. The van der Waals surface area contributed by atoms with Crippen LogP contribution in [0.25, 0.3) is 0 Å². The highest BCUT2D eigenvalue weighted by Gasteiger charge is 2.17. The van der Waals surface area contributed by atoms with Crippen molar-refractivity contribution in [3.8, 4) is 0 Å². The molecule has 0 unspecified atom stereocenters. The van der Waals surface area contributed by atoms with Gasteiger partial charge in [0, 0.05) is 12.5 Å². The van der Waals surface area contributed by atoms with Crippen molar-refractivity contribution in [3.63, 3.8) is 0 Å². The summed E-state index contributed by atoms with van der Waals surface area (Å²) in [6, 6.07) is 0.403. The van der Waals surface area contributed by atoms with Crippen molar-refractivity contribution >= 4 is 0 Å². The van der Waals surface area contributed by atoms with Crippen molar-refractivity contribution in [2.24, 2.45) is 11.7 Å². The van der Waals surface area contributed by atoms with Crippen molar-refractivity contribution in [1.82, 2.24) is 14.8 Å². The zero-order valence-corrected chi connectivity index (χ0v) is 11.7. The van der Waals surface area contributed by atoms with Crippen LogP contribution in [-0.4, -0.2) is 14.8 Å². The second kappa shape index (κ2) is 6.32. The topological polar surface area (TPSA) is 56.7 Å². The number of nitrogens with zero attached hydrogens (tertiary/aromatic N) is 3. The summed E-state index contributed by atoms with van der Waals surface area (Å²) in [5, 5.41) is 8.53. The normalized spacial score (nSPS) is 17.6. The molecule has 1 aliphatic carbocycles. The minimum Gasteiger partial charge on any atom is -0.324 e. The molecule has 1 aromatic rings. The first-order valence-electron chi connectivity index (χ1n) is 7.35. The summed E-state index contributed by atoms with van der Waals surface area (Å²) >= 11 is 0. The first-order valence-corrected chi connectivity index (χ1v) is 7.35. The maximum atomic E-state index is 5.72. The quantitative estimate of drug-likeness (QED) is 0.874. The third kappa shape index (κ3) is 3.10. The highest BCUT2D eigenvalue weighted by Crippen LogP contribution is 2.27. The fourth-order valence-electron chi connectivity index (χ4n) is 3.08. The predicted octanol–water partition coefficient (Wildman–Crippen LogP) is 2.83. The molecule has 2 rings (SSSR count). The van der Waals surface area contributed by atoms with Crippen LogP contribution in [0.5, 0.6) is 0 Å². The molecule has 1 fully saturated rings. The molecule has 0 spiro atoms. The lowest BCUT2D eigenvalue weighted by molar-refractivity contribution is 0.335. The summed E-state index contributed by atoms with van der Waals surface area (Å²) in [7, 11) is 0. The number of rotatable bonds is 5. The van der Waals surface area contributed by atoms with Gasteiger partial charge >= 0.3 is 0 Å². The van der Waals surface area contributed by atoms with Crippen LogP contribution in [0.4, 0.5) is 0 Å². The Bertz CT molecular complexity index is 364. The van der Waals surface area contributed by atoms with Gasteiger partial charge in [0.25, 0.3) is 0 Å². The molecular formula is C14H26N4. The Balaban J connectivity index is 1.97. The lowest BCUT2D eigenvalue weighted by atomic mass is 9.86. The highest BCUT2D eigenvalue weighted by molar-refractivity contribution is 4.98. The molecule has 18 heavy (non-hydrogen) atoms. The molecule has 0 bridgehead atoms. The monoisotopic (exact) mass is 250 g/mol. The van der Waals surface area contributed by atoms with Gasteiger partial charge in [-0.3, -0.25) is 0 Å². The van der Waals surface area contributed by atoms with E-state index >= 15 is 0 Å². The molecule has 4 heteroatoms. The molecule has 102 valence electrons. The lowest BCUT2D eigenvalue weighted by Crippen LogP contribution is -2.14. The molecule has 0 saturated heterocycles. The van der Waals surface area contributed by atoms with E-state index in [1.165, 1.54) is 38.5 Å². The number of aryl methyl sites for hydroxylation is 1. The van der Waals surface area contributed by atoms with Gasteiger partial charge in [0.05, 0.1) is 6.54 Å². The van der Waals surface area contributed by atoms with Crippen LogP contribution in [0.2, 0.25) is 0 Å². The van der Waals surface area contributed by atoms with Crippen LogP contribution in [0.3, 0.4) is 0 Å². The lowest BCUT2D eigenvalue weighted by Gasteiger charge is -2.21. The summed E-state index contributed by atoms with van der Waals surface area (Å²) in [6.07, 6.45) is 9.37. The van der Waals surface area contributed by atoms with Gasteiger partial charge in [-0.2, -0.15) is 0 Å². The maximum absolute atomic E-state index is 5.72.